The summed E-state index contributed by atoms with van der Waals surface area (Å²) in [5.74, 6) is -0.596. The van der Waals surface area contributed by atoms with Gasteiger partial charge in [0.25, 0.3) is 0 Å². The maximum Gasteiger partial charge on any atom is 0.243 e. The van der Waals surface area contributed by atoms with Crippen LogP contribution < -0.4 is 10.2 Å². The summed E-state index contributed by atoms with van der Waals surface area (Å²) in [5, 5.41) is 12.4. The first-order valence-corrected chi connectivity index (χ1v) is 5.42. The lowest BCUT2D eigenvalue weighted by atomic mass is 10.1. The minimum atomic E-state index is -0.913. The molecule has 1 aromatic rings. The Kier molecular flexibility index (Phi) is 2.79. The number of amides is 1. The number of anilines is 2. The van der Waals surface area contributed by atoms with Gasteiger partial charge in [0, 0.05) is 6.54 Å². The van der Waals surface area contributed by atoms with E-state index in [1.54, 1.807) is 24.8 Å². The fourth-order valence-electron chi connectivity index (χ4n) is 1.94. The first kappa shape index (κ1) is 11.9. The summed E-state index contributed by atoms with van der Waals surface area (Å²) in [4.78, 5) is 13.2. The SMILES string of the molecule is CC(C)(O)CN1CC(=O)Nc2cc(F)ccc21. The molecule has 0 bridgehead atoms. The molecule has 1 amide bonds. The fourth-order valence-corrected chi connectivity index (χ4v) is 1.94. The summed E-state index contributed by atoms with van der Waals surface area (Å²) in [6.07, 6.45) is 0. The molecule has 17 heavy (non-hydrogen) atoms. The van der Waals surface area contributed by atoms with Crippen LogP contribution in [0.15, 0.2) is 18.2 Å². The molecule has 0 radical (unpaired) electrons. The Labute approximate surface area is 99.0 Å². The van der Waals surface area contributed by atoms with Crippen molar-refractivity contribution in [1.29, 1.82) is 0 Å². The minimum Gasteiger partial charge on any atom is -0.389 e. The van der Waals surface area contributed by atoms with Gasteiger partial charge >= 0.3 is 0 Å². The molecule has 2 rings (SSSR count). The third-order valence-corrected chi connectivity index (χ3v) is 2.49. The monoisotopic (exact) mass is 238 g/mol. The fraction of sp³-hybridized carbons (Fsp3) is 0.417. The quantitative estimate of drug-likeness (QED) is 0.817. The first-order valence-electron chi connectivity index (χ1n) is 5.42. The van der Waals surface area contributed by atoms with Crippen LogP contribution in [-0.4, -0.2) is 29.7 Å². The summed E-state index contributed by atoms with van der Waals surface area (Å²) < 4.78 is 13.1. The number of carbonyl (C=O) groups excluding carboxylic acids is 1. The van der Waals surface area contributed by atoms with Crippen LogP contribution >= 0.6 is 0 Å². The molecule has 0 aliphatic carbocycles. The maximum atomic E-state index is 13.1. The lowest BCUT2D eigenvalue weighted by Crippen LogP contribution is -2.45. The van der Waals surface area contributed by atoms with Crippen LogP contribution in [0.25, 0.3) is 0 Å². The molecule has 92 valence electrons. The number of nitrogens with one attached hydrogen (secondary N) is 1. The van der Waals surface area contributed by atoms with Gasteiger partial charge in [-0.3, -0.25) is 4.79 Å². The topological polar surface area (TPSA) is 52.6 Å². The summed E-state index contributed by atoms with van der Waals surface area (Å²) in [5.41, 5.74) is 0.266. The highest BCUT2D eigenvalue weighted by molar-refractivity contribution is 6.01. The zero-order valence-corrected chi connectivity index (χ0v) is 9.83. The molecular formula is C12H15FN2O2. The smallest absolute Gasteiger partial charge is 0.243 e. The van der Waals surface area contributed by atoms with Crippen LogP contribution in [0.1, 0.15) is 13.8 Å². The molecule has 1 aliphatic rings. The Morgan fingerprint density at radius 1 is 1.53 bits per heavy atom. The van der Waals surface area contributed by atoms with Crippen LogP contribution in [0.4, 0.5) is 15.8 Å². The summed E-state index contributed by atoms with van der Waals surface area (Å²) in [6, 6.07) is 4.23. The molecule has 1 aromatic carbocycles. The van der Waals surface area contributed by atoms with E-state index in [1.165, 1.54) is 12.1 Å². The number of hydrogen-bond acceptors (Lipinski definition) is 3. The molecule has 1 aliphatic heterocycles. The van der Waals surface area contributed by atoms with Crippen LogP contribution in [-0.2, 0) is 4.79 Å². The van der Waals surface area contributed by atoms with E-state index in [2.05, 4.69) is 5.32 Å². The molecule has 5 heteroatoms. The molecule has 0 saturated carbocycles. The predicted molar refractivity (Wildman–Crippen MR) is 63.5 cm³/mol. The van der Waals surface area contributed by atoms with Crippen molar-refractivity contribution in [3.05, 3.63) is 24.0 Å². The van der Waals surface area contributed by atoms with E-state index in [1.807, 2.05) is 0 Å². The summed E-state index contributed by atoms with van der Waals surface area (Å²) >= 11 is 0. The number of carbonyl (C=O) groups is 1. The van der Waals surface area contributed by atoms with E-state index >= 15 is 0 Å². The van der Waals surface area contributed by atoms with Crippen molar-refractivity contribution in [3.63, 3.8) is 0 Å². The van der Waals surface area contributed by atoms with E-state index in [0.717, 1.165) is 5.69 Å². The Morgan fingerprint density at radius 2 is 2.24 bits per heavy atom. The van der Waals surface area contributed by atoms with Gasteiger partial charge in [-0.05, 0) is 32.0 Å². The number of rotatable bonds is 2. The molecule has 0 unspecified atom stereocenters. The molecule has 4 nitrogen and oxygen atoms in total. The van der Waals surface area contributed by atoms with Crippen molar-refractivity contribution < 1.29 is 14.3 Å². The molecule has 0 spiro atoms. The third kappa shape index (κ3) is 2.74. The molecular weight excluding hydrogens is 223 g/mol. The second kappa shape index (κ2) is 4.00. The van der Waals surface area contributed by atoms with Gasteiger partial charge in [0.1, 0.15) is 5.82 Å². The lowest BCUT2D eigenvalue weighted by molar-refractivity contribution is -0.115. The van der Waals surface area contributed by atoms with Gasteiger partial charge in [0.15, 0.2) is 0 Å². The normalized spacial score (nSPS) is 15.5. The second-order valence-corrected chi connectivity index (χ2v) is 4.88. The average molecular weight is 238 g/mol. The molecule has 0 fully saturated rings. The number of fused-ring (bicyclic) bond motifs is 1. The first-order chi connectivity index (χ1) is 7.85. The maximum absolute atomic E-state index is 13.1. The predicted octanol–water partition coefficient (Wildman–Crippen LogP) is 1.36. The van der Waals surface area contributed by atoms with Gasteiger partial charge < -0.3 is 15.3 Å². The standard InChI is InChI=1S/C12H15FN2O2/c1-12(2,17)7-15-6-11(16)14-9-5-8(13)3-4-10(9)15/h3-5,17H,6-7H2,1-2H3,(H,14,16). The molecule has 0 atom stereocenters. The molecule has 0 saturated heterocycles. The van der Waals surface area contributed by atoms with Crippen molar-refractivity contribution in [2.45, 2.75) is 19.4 Å². The largest absolute Gasteiger partial charge is 0.389 e. The van der Waals surface area contributed by atoms with Crippen LogP contribution in [0.2, 0.25) is 0 Å². The molecule has 0 aromatic heterocycles. The van der Waals surface area contributed by atoms with Crippen molar-refractivity contribution in [1.82, 2.24) is 0 Å². The van der Waals surface area contributed by atoms with Crippen molar-refractivity contribution in [2.75, 3.05) is 23.3 Å². The van der Waals surface area contributed by atoms with E-state index in [-0.39, 0.29) is 12.5 Å². The number of benzene rings is 1. The Balaban J connectivity index is 2.34. The highest BCUT2D eigenvalue weighted by Crippen LogP contribution is 2.30. The zero-order chi connectivity index (χ0) is 12.6. The van der Waals surface area contributed by atoms with Gasteiger partial charge in [0.2, 0.25) is 5.91 Å². The van der Waals surface area contributed by atoms with Crippen LogP contribution in [0, 0.1) is 5.82 Å². The summed E-state index contributed by atoms with van der Waals surface area (Å²) in [7, 11) is 0. The molecule has 1 heterocycles. The van der Waals surface area contributed by atoms with Gasteiger partial charge in [-0.15, -0.1) is 0 Å². The van der Waals surface area contributed by atoms with Gasteiger partial charge in [-0.2, -0.15) is 0 Å². The van der Waals surface area contributed by atoms with Crippen molar-refractivity contribution in [2.24, 2.45) is 0 Å². The number of β-amino-alcohol motifs (C(OH)–C–C–N with tert-alkyl or cyclic N) is 1. The van der Waals surface area contributed by atoms with Gasteiger partial charge in [-0.1, -0.05) is 0 Å². The van der Waals surface area contributed by atoms with Gasteiger partial charge in [0.05, 0.1) is 23.5 Å². The minimum absolute atomic E-state index is 0.169. The Bertz CT molecular complexity index is 454. The van der Waals surface area contributed by atoms with E-state index in [9.17, 15) is 14.3 Å². The van der Waals surface area contributed by atoms with Crippen molar-refractivity contribution >= 4 is 17.3 Å². The van der Waals surface area contributed by atoms with Crippen LogP contribution in [0.5, 0.6) is 0 Å². The highest BCUT2D eigenvalue weighted by atomic mass is 19.1. The van der Waals surface area contributed by atoms with E-state index < -0.39 is 11.4 Å². The number of halogens is 1. The highest BCUT2D eigenvalue weighted by Gasteiger charge is 2.26. The average Bonchev–Trinajstić information content (AvgIpc) is 2.13. The number of hydrogen-bond donors (Lipinski definition) is 2. The second-order valence-electron chi connectivity index (χ2n) is 4.88. The van der Waals surface area contributed by atoms with E-state index in [0.29, 0.717) is 12.2 Å². The Hall–Kier alpha value is -1.62. The van der Waals surface area contributed by atoms with Crippen LogP contribution in [0.3, 0.4) is 0 Å². The van der Waals surface area contributed by atoms with E-state index in [4.69, 9.17) is 0 Å². The molecule has 2 N–H and O–H groups in total. The number of nitrogens with zero attached hydrogens (tertiary/aromatic N) is 1. The number of aliphatic hydroxyl groups is 1. The third-order valence-electron chi connectivity index (χ3n) is 2.49. The lowest BCUT2D eigenvalue weighted by Gasteiger charge is -2.34. The summed E-state index contributed by atoms with van der Waals surface area (Å²) in [6.45, 7) is 3.83. The van der Waals surface area contributed by atoms with Gasteiger partial charge in [-0.25, -0.2) is 4.39 Å². The van der Waals surface area contributed by atoms with Crippen molar-refractivity contribution in [3.8, 4) is 0 Å². The zero-order valence-electron chi connectivity index (χ0n) is 9.83. The Morgan fingerprint density at radius 3 is 2.88 bits per heavy atom.